The molecule has 0 saturated heterocycles. The van der Waals surface area contributed by atoms with Gasteiger partial charge in [-0.3, -0.25) is 0 Å². The number of rotatable bonds is 7. The van der Waals surface area contributed by atoms with Gasteiger partial charge in [0.25, 0.3) is 0 Å². The highest BCUT2D eigenvalue weighted by Crippen LogP contribution is 2.26. The second kappa shape index (κ2) is 13.0. The average molecular weight is 470 g/mol. The molecule has 3 N–H and O–H groups in total. The lowest BCUT2D eigenvalue weighted by Gasteiger charge is -2.22. The number of anilines is 2. The van der Waals surface area contributed by atoms with E-state index < -0.39 is 0 Å². The second-order valence-corrected chi connectivity index (χ2v) is 8.95. The highest BCUT2D eigenvalue weighted by molar-refractivity contribution is 5.74. The number of hydrogen-bond donors (Lipinski definition) is 2. The van der Waals surface area contributed by atoms with Gasteiger partial charge in [0.05, 0.1) is 19.9 Å². The minimum Gasteiger partial charge on any atom is -0.497 e. The van der Waals surface area contributed by atoms with Crippen LogP contribution >= 0.6 is 0 Å². The molecule has 2 aliphatic rings. The molecule has 1 heterocycles. The molecule has 0 spiro atoms. The molecule has 1 fully saturated rings. The van der Waals surface area contributed by atoms with Crippen molar-refractivity contribution in [3.05, 3.63) is 47.2 Å². The smallest absolute Gasteiger partial charge is 0.222 e. The molecule has 0 bridgehead atoms. The van der Waals surface area contributed by atoms with Crippen LogP contribution in [-0.4, -0.2) is 44.8 Å². The summed E-state index contributed by atoms with van der Waals surface area (Å²) in [5, 5.41) is 3.56. The topological polar surface area (TPSA) is 85.5 Å². The number of ether oxygens (including phenoxy) is 2. The molecule has 34 heavy (non-hydrogen) atoms. The van der Waals surface area contributed by atoms with Gasteiger partial charge in [-0.1, -0.05) is 37.5 Å². The summed E-state index contributed by atoms with van der Waals surface area (Å²) in [7, 11) is 7.31. The standard InChI is InChI=1S/C16H25NO2.C11H14N4.2H2/c1-18-15-8-9-16(19-2)14(10-15)12-17-11-13-6-4-3-5-7-13;1-15(2)10-8-6-4-3-5-7-9(8)13-11(12)14-10;;/h8-10,13,17H,3-7,11-12H2,1-2H3;4-7H,3H2,1-2H3,(H2,12,13,14);2*1H. The van der Waals surface area contributed by atoms with Crippen molar-refractivity contribution in [2.24, 2.45) is 5.92 Å². The summed E-state index contributed by atoms with van der Waals surface area (Å²) in [4.78, 5) is 10.4. The number of aromatic nitrogens is 2. The Kier molecular flexibility index (Phi) is 9.76. The molecule has 0 radical (unpaired) electrons. The fourth-order valence-electron chi connectivity index (χ4n) is 4.39. The molecule has 2 aliphatic carbocycles. The van der Waals surface area contributed by atoms with E-state index in [1.165, 1.54) is 32.1 Å². The number of nitrogens with one attached hydrogen (secondary N) is 1. The molecule has 4 rings (SSSR count). The molecule has 188 valence electrons. The van der Waals surface area contributed by atoms with Crippen LogP contribution in [-0.2, 0) is 6.54 Å². The Hall–Kier alpha value is -3.06. The number of nitrogens with two attached hydrogens (primary N) is 1. The zero-order chi connectivity index (χ0) is 24.3. The molecule has 2 aromatic rings. The number of fused-ring (bicyclic) bond motifs is 1. The lowest BCUT2D eigenvalue weighted by Crippen LogP contribution is -2.24. The van der Waals surface area contributed by atoms with Crippen molar-refractivity contribution in [2.45, 2.75) is 45.1 Å². The minimum absolute atomic E-state index is 0. The maximum absolute atomic E-state index is 5.66. The zero-order valence-electron chi connectivity index (χ0n) is 21.0. The fraction of sp³-hybridized carbons (Fsp3) is 0.481. The number of nitrogens with zero attached hydrogens (tertiary/aromatic N) is 3. The highest BCUT2D eigenvalue weighted by atomic mass is 16.5. The third kappa shape index (κ3) is 7.22. The first-order chi connectivity index (χ1) is 16.5. The third-order valence-corrected chi connectivity index (χ3v) is 6.19. The quantitative estimate of drug-likeness (QED) is 0.560. The van der Waals surface area contributed by atoms with Crippen molar-refractivity contribution in [1.29, 1.82) is 0 Å². The van der Waals surface area contributed by atoms with E-state index in [1.54, 1.807) is 14.2 Å². The van der Waals surface area contributed by atoms with E-state index in [9.17, 15) is 0 Å². The van der Waals surface area contributed by atoms with E-state index in [1.807, 2.05) is 49.3 Å². The predicted molar refractivity (Wildman–Crippen MR) is 146 cm³/mol. The molecule has 1 aromatic heterocycles. The van der Waals surface area contributed by atoms with Crippen molar-refractivity contribution in [3.63, 3.8) is 0 Å². The van der Waals surface area contributed by atoms with Gasteiger partial charge in [0.2, 0.25) is 5.95 Å². The molecule has 7 nitrogen and oxygen atoms in total. The Labute approximate surface area is 207 Å². The molecule has 0 aliphatic heterocycles. The maximum Gasteiger partial charge on any atom is 0.222 e. The van der Waals surface area contributed by atoms with Crippen LogP contribution in [0.3, 0.4) is 0 Å². The first-order valence-electron chi connectivity index (χ1n) is 12.1. The van der Waals surface area contributed by atoms with Crippen LogP contribution in [0.15, 0.2) is 30.4 Å². The SMILES string of the molecule is CN(C)c1nc(N)nc2c1C=CCC=C2.COc1ccc(OC)c(CNCC2CCCCC2)c1.[HH].[HH]. The van der Waals surface area contributed by atoms with Crippen LogP contribution in [0.5, 0.6) is 11.5 Å². The van der Waals surface area contributed by atoms with E-state index in [-0.39, 0.29) is 2.85 Å². The molecule has 0 unspecified atom stereocenters. The zero-order valence-corrected chi connectivity index (χ0v) is 21.0. The Morgan fingerprint density at radius 1 is 1.06 bits per heavy atom. The van der Waals surface area contributed by atoms with Crippen molar-refractivity contribution in [1.82, 2.24) is 15.3 Å². The van der Waals surface area contributed by atoms with Gasteiger partial charge >= 0.3 is 0 Å². The monoisotopic (exact) mass is 469 g/mol. The Morgan fingerprint density at radius 3 is 2.53 bits per heavy atom. The molecular weight excluding hydrogens is 426 g/mol. The summed E-state index contributed by atoms with van der Waals surface area (Å²) in [6.07, 6.45) is 16.1. The van der Waals surface area contributed by atoms with Crippen molar-refractivity contribution >= 4 is 23.9 Å². The summed E-state index contributed by atoms with van der Waals surface area (Å²) in [5.74, 6) is 3.84. The summed E-state index contributed by atoms with van der Waals surface area (Å²) in [5.41, 5.74) is 8.75. The molecular formula is C27H43N5O2. The van der Waals surface area contributed by atoms with Crippen LogP contribution in [0.1, 0.15) is 58.2 Å². The number of hydrogen-bond acceptors (Lipinski definition) is 7. The Morgan fingerprint density at radius 2 is 1.82 bits per heavy atom. The van der Waals surface area contributed by atoms with E-state index in [4.69, 9.17) is 15.2 Å². The van der Waals surface area contributed by atoms with E-state index >= 15 is 0 Å². The van der Waals surface area contributed by atoms with Crippen LogP contribution in [0.4, 0.5) is 11.8 Å². The number of methoxy groups -OCH3 is 2. The van der Waals surface area contributed by atoms with Gasteiger partial charge in [-0.05, 0) is 56.0 Å². The van der Waals surface area contributed by atoms with Crippen molar-refractivity contribution < 1.29 is 12.3 Å². The highest BCUT2D eigenvalue weighted by Gasteiger charge is 2.14. The lowest BCUT2D eigenvalue weighted by atomic mass is 9.89. The third-order valence-electron chi connectivity index (χ3n) is 6.19. The van der Waals surface area contributed by atoms with Crippen LogP contribution in [0, 0.1) is 5.92 Å². The molecule has 7 heteroatoms. The summed E-state index contributed by atoms with van der Waals surface area (Å²) in [6.45, 7) is 1.96. The lowest BCUT2D eigenvalue weighted by molar-refractivity contribution is 0.340. The molecule has 0 atom stereocenters. The Bertz CT molecular complexity index is 992. The number of benzene rings is 1. The maximum atomic E-state index is 5.66. The summed E-state index contributed by atoms with van der Waals surface area (Å²) < 4.78 is 10.7. The van der Waals surface area contributed by atoms with Crippen LogP contribution < -0.4 is 25.4 Å². The molecule has 0 amide bonds. The predicted octanol–water partition coefficient (Wildman–Crippen LogP) is 5.42. The Balaban J connectivity index is 0.000000349. The fourth-order valence-corrected chi connectivity index (χ4v) is 4.39. The summed E-state index contributed by atoms with van der Waals surface area (Å²) >= 11 is 0. The first-order valence-corrected chi connectivity index (χ1v) is 12.1. The normalized spacial score (nSPS) is 15.1. The van der Waals surface area contributed by atoms with Gasteiger partial charge in [-0.15, -0.1) is 0 Å². The van der Waals surface area contributed by atoms with Gasteiger partial charge in [-0.2, -0.15) is 4.98 Å². The summed E-state index contributed by atoms with van der Waals surface area (Å²) in [6, 6.07) is 5.95. The average Bonchev–Trinajstić information content (AvgIpc) is 3.10. The van der Waals surface area contributed by atoms with Crippen LogP contribution in [0.25, 0.3) is 12.2 Å². The van der Waals surface area contributed by atoms with Gasteiger partial charge < -0.3 is 25.4 Å². The minimum atomic E-state index is 0. The van der Waals surface area contributed by atoms with E-state index in [0.717, 1.165) is 59.6 Å². The second-order valence-electron chi connectivity index (χ2n) is 8.95. The van der Waals surface area contributed by atoms with Crippen LogP contribution in [0.2, 0.25) is 0 Å². The first kappa shape index (κ1) is 25.6. The van der Waals surface area contributed by atoms with Gasteiger partial charge in [0.1, 0.15) is 17.3 Å². The van der Waals surface area contributed by atoms with E-state index in [0.29, 0.717) is 5.95 Å². The van der Waals surface area contributed by atoms with Gasteiger partial charge in [0, 0.05) is 34.6 Å². The van der Waals surface area contributed by atoms with Gasteiger partial charge in [0.15, 0.2) is 0 Å². The molecule has 1 aromatic carbocycles. The molecule has 1 saturated carbocycles. The number of nitrogen functional groups attached to an aromatic ring is 1. The number of allylic oxidation sites excluding steroid dienone is 2. The van der Waals surface area contributed by atoms with Crippen molar-refractivity contribution in [3.8, 4) is 11.5 Å². The largest absolute Gasteiger partial charge is 0.497 e. The van der Waals surface area contributed by atoms with Crippen molar-refractivity contribution in [2.75, 3.05) is 45.5 Å². The van der Waals surface area contributed by atoms with Gasteiger partial charge in [-0.25, -0.2) is 4.98 Å². The van der Waals surface area contributed by atoms with E-state index in [2.05, 4.69) is 27.4 Å².